The van der Waals surface area contributed by atoms with Gasteiger partial charge in [0.05, 0.1) is 11.7 Å². The van der Waals surface area contributed by atoms with E-state index in [1.165, 1.54) is 0 Å². The molecule has 0 spiro atoms. The van der Waals surface area contributed by atoms with E-state index in [4.69, 9.17) is 4.74 Å². The summed E-state index contributed by atoms with van der Waals surface area (Å²) in [6, 6.07) is 8.15. The smallest absolute Gasteiger partial charge is 0.0943 e. The van der Waals surface area contributed by atoms with Crippen LogP contribution in [-0.2, 0) is 11.2 Å². The van der Waals surface area contributed by atoms with E-state index < -0.39 is 6.10 Å². The van der Waals surface area contributed by atoms with Gasteiger partial charge >= 0.3 is 0 Å². The van der Waals surface area contributed by atoms with Gasteiger partial charge in [-0.05, 0) is 37.5 Å². The number of hydrogen-bond donors (Lipinski definition) is 1. The lowest BCUT2D eigenvalue weighted by Gasteiger charge is -2.34. The summed E-state index contributed by atoms with van der Waals surface area (Å²) in [5.74, 6) is 0. The molecule has 0 radical (unpaired) electrons. The minimum atomic E-state index is -0.402. The van der Waals surface area contributed by atoms with Crippen molar-refractivity contribution in [1.82, 2.24) is 0 Å². The molecule has 0 aromatic heterocycles. The van der Waals surface area contributed by atoms with Gasteiger partial charge in [0, 0.05) is 17.5 Å². The Kier molecular flexibility index (Phi) is 4.82. The van der Waals surface area contributed by atoms with E-state index in [1.807, 2.05) is 19.1 Å². The average molecular weight is 313 g/mol. The molecule has 1 fully saturated rings. The van der Waals surface area contributed by atoms with Crippen molar-refractivity contribution in [2.24, 2.45) is 0 Å². The van der Waals surface area contributed by atoms with Gasteiger partial charge in [-0.2, -0.15) is 0 Å². The number of rotatable bonds is 5. The van der Waals surface area contributed by atoms with E-state index in [0.29, 0.717) is 13.0 Å². The first-order valence-corrected chi connectivity index (χ1v) is 7.52. The molecular weight excluding hydrogens is 292 g/mol. The molecule has 0 amide bonds. The molecular formula is C15H21BrO2. The fourth-order valence-electron chi connectivity index (χ4n) is 2.86. The highest BCUT2D eigenvalue weighted by Gasteiger charge is 2.41. The Morgan fingerprint density at radius 1 is 1.28 bits per heavy atom. The van der Waals surface area contributed by atoms with Crippen LogP contribution in [0.5, 0.6) is 0 Å². The van der Waals surface area contributed by atoms with Gasteiger partial charge < -0.3 is 9.84 Å². The summed E-state index contributed by atoms with van der Waals surface area (Å²) in [7, 11) is 0. The van der Waals surface area contributed by atoms with Crippen LogP contribution in [0, 0.1) is 0 Å². The van der Waals surface area contributed by atoms with Gasteiger partial charge in [-0.1, -0.05) is 40.9 Å². The number of hydrogen-bond acceptors (Lipinski definition) is 2. The second kappa shape index (κ2) is 6.18. The summed E-state index contributed by atoms with van der Waals surface area (Å²) >= 11 is 3.43. The molecule has 2 nitrogen and oxygen atoms in total. The first-order chi connectivity index (χ1) is 8.66. The normalized spacial score (nSPS) is 19.9. The Balaban J connectivity index is 2.05. The number of halogens is 1. The Hall–Kier alpha value is -0.380. The summed E-state index contributed by atoms with van der Waals surface area (Å²) in [5.41, 5.74) is 0.860. The van der Waals surface area contributed by atoms with Crippen molar-refractivity contribution in [3.63, 3.8) is 0 Å². The summed E-state index contributed by atoms with van der Waals surface area (Å²) < 4.78 is 6.96. The Labute approximate surface area is 117 Å². The zero-order chi connectivity index (χ0) is 13.0. The second-order valence-electron chi connectivity index (χ2n) is 5.05. The first-order valence-electron chi connectivity index (χ1n) is 6.73. The molecule has 0 bridgehead atoms. The maximum atomic E-state index is 10.5. The Bertz CT molecular complexity index is 369. The molecule has 1 unspecified atom stereocenters. The van der Waals surface area contributed by atoms with Crippen LogP contribution in [0.25, 0.3) is 0 Å². The van der Waals surface area contributed by atoms with Gasteiger partial charge in [0.1, 0.15) is 0 Å². The highest BCUT2D eigenvalue weighted by atomic mass is 79.9. The quantitative estimate of drug-likeness (QED) is 0.898. The molecule has 3 heteroatoms. The van der Waals surface area contributed by atoms with Gasteiger partial charge in [0.15, 0.2) is 0 Å². The van der Waals surface area contributed by atoms with Crippen molar-refractivity contribution >= 4 is 15.9 Å². The molecule has 2 rings (SSSR count). The van der Waals surface area contributed by atoms with E-state index in [2.05, 4.69) is 28.1 Å². The number of benzene rings is 1. The monoisotopic (exact) mass is 312 g/mol. The maximum absolute atomic E-state index is 10.5. The third-order valence-electron chi connectivity index (χ3n) is 3.83. The number of aliphatic hydroxyl groups excluding tert-OH is 1. The average Bonchev–Trinajstić information content (AvgIpc) is 2.82. The molecule has 0 aliphatic heterocycles. The van der Waals surface area contributed by atoms with E-state index in [-0.39, 0.29) is 5.60 Å². The van der Waals surface area contributed by atoms with Crippen molar-refractivity contribution in [3.8, 4) is 0 Å². The first kappa shape index (κ1) is 14.0. The molecule has 0 saturated heterocycles. The van der Waals surface area contributed by atoms with Crippen LogP contribution in [0.2, 0.25) is 0 Å². The molecule has 0 heterocycles. The third-order valence-corrected chi connectivity index (χ3v) is 4.36. The van der Waals surface area contributed by atoms with Crippen LogP contribution in [0.1, 0.15) is 38.2 Å². The van der Waals surface area contributed by atoms with Gasteiger partial charge in [0.25, 0.3) is 0 Å². The predicted molar refractivity (Wildman–Crippen MR) is 76.7 cm³/mol. The third kappa shape index (κ3) is 3.14. The Morgan fingerprint density at radius 2 is 1.89 bits per heavy atom. The van der Waals surface area contributed by atoms with Crippen LogP contribution in [0.15, 0.2) is 28.7 Å². The molecule has 1 aromatic carbocycles. The number of aliphatic hydroxyl groups is 1. The summed E-state index contributed by atoms with van der Waals surface area (Å²) in [4.78, 5) is 0. The van der Waals surface area contributed by atoms with Crippen molar-refractivity contribution in [1.29, 1.82) is 0 Å². The fourth-order valence-corrected chi connectivity index (χ4v) is 3.13. The standard InChI is InChI=1S/C15H21BrO2/c1-2-18-15(9-3-4-10-15)14(17)11-12-5-7-13(16)8-6-12/h5-8,14,17H,2-4,9-11H2,1H3. The van der Waals surface area contributed by atoms with Gasteiger partial charge in [-0.15, -0.1) is 0 Å². The lowest BCUT2D eigenvalue weighted by Crippen LogP contribution is -2.43. The highest BCUT2D eigenvalue weighted by Crippen LogP contribution is 2.37. The molecule has 1 aliphatic carbocycles. The Morgan fingerprint density at radius 3 is 2.44 bits per heavy atom. The molecule has 18 heavy (non-hydrogen) atoms. The molecule has 100 valence electrons. The lowest BCUT2D eigenvalue weighted by molar-refractivity contribution is -0.115. The topological polar surface area (TPSA) is 29.5 Å². The minimum absolute atomic E-state index is 0.304. The van der Waals surface area contributed by atoms with Gasteiger partial charge in [-0.25, -0.2) is 0 Å². The largest absolute Gasteiger partial charge is 0.390 e. The van der Waals surface area contributed by atoms with Crippen LogP contribution in [-0.4, -0.2) is 23.4 Å². The molecule has 1 N–H and O–H groups in total. The predicted octanol–water partition coefficient (Wildman–Crippen LogP) is 3.70. The minimum Gasteiger partial charge on any atom is -0.390 e. The van der Waals surface area contributed by atoms with Crippen molar-refractivity contribution in [2.75, 3.05) is 6.61 Å². The van der Waals surface area contributed by atoms with Crippen molar-refractivity contribution < 1.29 is 9.84 Å². The highest BCUT2D eigenvalue weighted by molar-refractivity contribution is 9.10. The fraction of sp³-hybridized carbons (Fsp3) is 0.600. The molecule has 1 saturated carbocycles. The molecule has 1 aromatic rings. The van der Waals surface area contributed by atoms with Gasteiger partial charge in [0.2, 0.25) is 0 Å². The lowest BCUT2D eigenvalue weighted by atomic mass is 9.90. The zero-order valence-electron chi connectivity index (χ0n) is 10.9. The SMILES string of the molecule is CCOC1(C(O)Cc2ccc(Br)cc2)CCCC1. The van der Waals surface area contributed by atoms with Crippen LogP contribution in [0.4, 0.5) is 0 Å². The van der Waals surface area contributed by atoms with E-state index in [9.17, 15) is 5.11 Å². The summed E-state index contributed by atoms with van der Waals surface area (Å²) in [6.07, 6.45) is 4.57. The van der Waals surface area contributed by atoms with Crippen LogP contribution in [0.3, 0.4) is 0 Å². The van der Waals surface area contributed by atoms with E-state index >= 15 is 0 Å². The van der Waals surface area contributed by atoms with Crippen molar-refractivity contribution in [2.45, 2.75) is 50.7 Å². The van der Waals surface area contributed by atoms with Gasteiger partial charge in [-0.3, -0.25) is 0 Å². The summed E-state index contributed by atoms with van der Waals surface area (Å²) in [5, 5.41) is 10.5. The van der Waals surface area contributed by atoms with Crippen molar-refractivity contribution in [3.05, 3.63) is 34.3 Å². The summed E-state index contributed by atoms with van der Waals surface area (Å²) in [6.45, 7) is 2.68. The molecule has 1 aliphatic rings. The maximum Gasteiger partial charge on any atom is 0.0943 e. The molecule has 1 atom stereocenters. The van der Waals surface area contributed by atoms with E-state index in [1.54, 1.807) is 0 Å². The second-order valence-corrected chi connectivity index (χ2v) is 5.97. The zero-order valence-corrected chi connectivity index (χ0v) is 12.4. The van der Waals surface area contributed by atoms with Crippen LogP contribution >= 0.6 is 15.9 Å². The van der Waals surface area contributed by atoms with E-state index in [0.717, 1.165) is 35.7 Å². The van der Waals surface area contributed by atoms with Crippen LogP contribution < -0.4 is 0 Å². The number of ether oxygens (including phenoxy) is 1.